The summed E-state index contributed by atoms with van der Waals surface area (Å²) in [6.07, 6.45) is 0.626. The number of carbonyl (C=O) groups excluding carboxylic acids is 1. The maximum absolute atomic E-state index is 12.9. The number of carbonyl (C=O) groups is 1. The second-order valence-electron chi connectivity index (χ2n) is 7.22. The summed E-state index contributed by atoms with van der Waals surface area (Å²) in [4.78, 5) is 21.6. The van der Waals surface area contributed by atoms with Crippen LogP contribution in [0.15, 0.2) is 29.6 Å². The lowest BCUT2D eigenvalue weighted by Gasteiger charge is -2.34. The SMILES string of the molecule is Cc1nc(CN2CCN(C(=O)c3cccc(N4CCCS4(=O)=O)c3)CC2)cs1. The van der Waals surface area contributed by atoms with E-state index in [2.05, 4.69) is 15.3 Å². The number of hydrogen-bond acceptors (Lipinski definition) is 6. The molecular formula is C19H24N4O3S2. The second kappa shape index (κ2) is 7.81. The lowest BCUT2D eigenvalue weighted by molar-refractivity contribution is 0.0627. The molecule has 0 radical (unpaired) electrons. The first-order valence-corrected chi connectivity index (χ1v) is 11.9. The molecule has 1 aromatic heterocycles. The minimum Gasteiger partial charge on any atom is -0.336 e. The summed E-state index contributed by atoms with van der Waals surface area (Å²) in [5.41, 5.74) is 2.21. The van der Waals surface area contributed by atoms with Gasteiger partial charge in [-0.3, -0.25) is 14.0 Å². The van der Waals surface area contributed by atoms with E-state index >= 15 is 0 Å². The molecule has 2 aromatic rings. The van der Waals surface area contributed by atoms with Crippen LogP contribution in [0.5, 0.6) is 0 Å². The first-order valence-electron chi connectivity index (χ1n) is 9.45. The lowest BCUT2D eigenvalue weighted by atomic mass is 10.1. The zero-order valence-electron chi connectivity index (χ0n) is 15.9. The molecule has 4 rings (SSSR count). The average Bonchev–Trinajstić information content (AvgIpc) is 3.26. The van der Waals surface area contributed by atoms with E-state index in [1.54, 1.807) is 35.6 Å². The first kappa shape index (κ1) is 19.4. The van der Waals surface area contributed by atoms with Gasteiger partial charge >= 0.3 is 0 Å². The van der Waals surface area contributed by atoms with Crippen LogP contribution in [-0.2, 0) is 16.6 Å². The second-order valence-corrected chi connectivity index (χ2v) is 10.3. The van der Waals surface area contributed by atoms with Gasteiger partial charge in [0.2, 0.25) is 10.0 Å². The molecule has 150 valence electrons. The van der Waals surface area contributed by atoms with Crippen molar-refractivity contribution in [3.8, 4) is 0 Å². The van der Waals surface area contributed by atoms with Gasteiger partial charge in [-0.05, 0) is 31.5 Å². The van der Waals surface area contributed by atoms with E-state index in [1.807, 2.05) is 11.8 Å². The Labute approximate surface area is 169 Å². The Morgan fingerprint density at radius 1 is 1.18 bits per heavy atom. The van der Waals surface area contributed by atoms with Crippen LogP contribution in [0.3, 0.4) is 0 Å². The molecule has 0 unspecified atom stereocenters. The number of piperazine rings is 1. The minimum absolute atomic E-state index is 0.0393. The van der Waals surface area contributed by atoms with Crippen LogP contribution in [0.1, 0.15) is 27.5 Å². The Bertz CT molecular complexity index is 965. The zero-order chi connectivity index (χ0) is 19.7. The van der Waals surface area contributed by atoms with Crippen molar-refractivity contribution in [1.82, 2.24) is 14.8 Å². The van der Waals surface area contributed by atoms with Crippen LogP contribution >= 0.6 is 11.3 Å². The van der Waals surface area contributed by atoms with E-state index < -0.39 is 10.0 Å². The molecule has 0 atom stereocenters. The molecule has 0 bridgehead atoms. The number of nitrogens with zero attached hydrogens (tertiary/aromatic N) is 4. The molecule has 2 aliphatic heterocycles. The quantitative estimate of drug-likeness (QED) is 0.756. The summed E-state index contributed by atoms with van der Waals surface area (Å²) in [7, 11) is -3.25. The Kier molecular flexibility index (Phi) is 5.39. The third-order valence-electron chi connectivity index (χ3n) is 5.19. The van der Waals surface area contributed by atoms with Gasteiger partial charge in [-0.2, -0.15) is 0 Å². The number of thiazole rings is 1. The highest BCUT2D eigenvalue weighted by Gasteiger charge is 2.29. The third-order valence-corrected chi connectivity index (χ3v) is 7.88. The summed E-state index contributed by atoms with van der Waals surface area (Å²) in [6, 6.07) is 6.99. The lowest BCUT2D eigenvalue weighted by Crippen LogP contribution is -2.48. The van der Waals surface area contributed by atoms with E-state index in [0.717, 1.165) is 30.3 Å². The zero-order valence-corrected chi connectivity index (χ0v) is 17.5. The molecule has 0 aliphatic carbocycles. The summed E-state index contributed by atoms with van der Waals surface area (Å²) in [5, 5.41) is 3.16. The van der Waals surface area contributed by atoms with Crippen LogP contribution in [0.4, 0.5) is 5.69 Å². The maximum atomic E-state index is 12.9. The van der Waals surface area contributed by atoms with E-state index in [0.29, 0.717) is 37.3 Å². The third kappa shape index (κ3) is 4.06. The van der Waals surface area contributed by atoms with Crippen molar-refractivity contribution >= 4 is 33.0 Å². The van der Waals surface area contributed by atoms with Crippen LogP contribution in [-0.4, -0.2) is 67.6 Å². The largest absolute Gasteiger partial charge is 0.336 e. The van der Waals surface area contributed by atoms with Crippen molar-refractivity contribution in [3.63, 3.8) is 0 Å². The molecule has 3 heterocycles. The van der Waals surface area contributed by atoms with E-state index in [-0.39, 0.29) is 11.7 Å². The van der Waals surface area contributed by atoms with Crippen molar-refractivity contribution in [3.05, 3.63) is 45.9 Å². The fraction of sp³-hybridized carbons (Fsp3) is 0.474. The first-order chi connectivity index (χ1) is 13.4. The predicted octanol–water partition coefficient (Wildman–Crippen LogP) is 1.95. The van der Waals surface area contributed by atoms with Gasteiger partial charge in [0.1, 0.15) is 0 Å². The molecule has 2 fully saturated rings. The average molecular weight is 421 g/mol. The van der Waals surface area contributed by atoms with E-state index in [4.69, 9.17) is 0 Å². The van der Waals surface area contributed by atoms with Crippen LogP contribution in [0.2, 0.25) is 0 Å². The van der Waals surface area contributed by atoms with Gasteiger partial charge in [-0.25, -0.2) is 13.4 Å². The summed E-state index contributed by atoms with van der Waals surface area (Å²) >= 11 is 1.66. The van der Waals surface area contributed by atoms with E-state index in [1.165, 1.54) is 4.31 Å². The molecule has 1 aromatic carbocycles. The molecule has 0 N–H and O–H groups in total. The molecule has 9 heteroatoms. The molecule has 2 aliphatic rings. The Morgan fingerprint density at radius 3 is 2.61 bits per heavy atom. The molecular weight excluding hydrogens is 396 g/mol. The van der Waals surface area contributed by atoms with Crippen molar-refractivity contribution in [2.24, 2.45) is 0 Å². The molecule has 7 nitrogen and oxygen atoms in total. The Balaban J connectivity index is 1.39. The monoisotopic (exact) mass is 420 g/mol. The topological polar surface area (TPSA) is 73.8 Å². The highest BCUT2D eigenvalue weighted by Crippen LogP contribution is 2.25. The number of aromatic nitrogens is 1. The molecule has 0 spiro atoms. The predicted molar refractivity (Wildman–Crippen MR) is 110 cm³/mol. The highest BCUT2D eigenvalue weighted by atomic mass is 32.2. The van der Waals surface area contributed by atoms with Gasteiger partial charge < -0.3 is 4.90 Å². The normalized spacial score (nSPS) is 19.9. The van der Waals surface area contributed by atoms with Crippen molar-refractivity contribution < 1.29 is 13.2 Å². The fourth-order valence-electron chi connectivity index (χ4n) is 3.73. The summed E-state index contributed by atoms with van der Waals surface area (Å²) in [6.45, 7) is 6.24. The summed E-state index contributed by atoms with van der Waals surface area (Å²) < 4.78 is 25.7. The number of rotatable bonds is 4. The Hall–Kier alpha value is -1.97. The van der Waals surface area contributed by atoms with Crippen molar-refractivity contribution in [1.29, 1.82) is 0 Å². The van der Waals surface area contributed by atoms with Crippen LogP contribution in [0.25, 0.3) is 0 Å². The van der Waals surface area contributed by atoms with Gasteiger partial charge in [0, 0.05) is 50.2 Å². The van der Waals surface area contributed by atoms with Gasteiger partial charge in [0.05, 0.1) is 22.1 Å². The smallest absolute Gasteiger partial charge is 0.254 e. The Morgan fingerprint density at radius 2 is 1.96 bits per heavy atom. The van der Waals surface area contributed by atoms with Crippen molar-refractivity contribution in [2.75, 3.05) is 42.8 Å². The molecule has 1 amide bonds. The molecule has 2 saturated heterocycles. The van der Waals surface area contributed by atoms with Gasteiger partial charge in [-0.15, -0.1) is 11.3 Å². The highest BCUT2D eigenvalue weighted by molar-refractivity contribution is 7.93. The molecule has 28 heavy (non-hydrogen) atoms. The maximum Gasteiger partial charge on any atom is 0.254 e. The minimum atomic E-state index is -3.25. The molecule has 0 saturated carbocycles. The number of anilines is 1. The van der Waals surface area contributed by atoms with Gasteiger partial charge in [0.15, 0.2) is 0 Å². The number of aryl methyl sites for hydroxylation is 1. The van der Waals surface area contributed by atoms with Crippen LogP contribution < -0.4 is 4.31 Å². The van der Waals surface area contributed by atoms with Gasteiger partial charge in [0.25, 0.3) is 5.91 Å². The van der Waals surface area contributed by atoms with E-state index in [9.17, 15) is 13.2 Å². The number of benzene rings is 1. The number of sulfonamides is 1. The number of hydrogen-bond donors (Lipinski definition) is 0. The summed E-state index contributed by atoms with van der Waals surface area (Å²) in [5.74, 6) is 0.133. The van der Waals surface area contributed by atoms with Crippen molar-refractivity contribution in [2.45, 2.75) is 19.9 Å². The van der Waals surface area contributed by atoms with Gasteiger partial charge in [-0.1, -0.05) is 6.07 Å². The van der Waals surface area contributed by atoms with Crippen LogP contribution in [0, 0.1) is 6.92 Å². The number of amides is 1. The fourth-order valence-corrected chi connectivity index (χ4v) is 5.89. The standard InChI is InChI=1S/C19H24N4O3S2/c1-15-20-17(14-27-15)13-21-7-9-22(10-8-21)19(24)16-4-2-5-18(12-16)23-6-3-11-28(23,25)26/h2,4-5,12,14H,3,6-11,13H2,1H3.